The molecular formula is C16H13Cl3N4OS. The van der Waals surface area contributed by atoms with Gasteiger partial charge in [-0.25, -0.2) is 4.98 Å². The Morgan fingerprint density at radius 1 is 1.28 bits per heavy atom. The minimum absolute atomic E-state index is 0.0665. The van der Waals surface area contributed by atoms with Gasteiger partial charge in [-0.1, -0.05) is 34.8 Å². The van der Waals surface area contributed by atoms with E-state index in [1.54, 1.807) is 29.5 Å². The third-order valence-electron chi connectivity index (χ3n) is 3.49. The summed E-state index contributed by atoms with van der Waals surface area (Å²) in [6, 6.07) is 4.80. The van der Waals surface area contributed by atoms with Crippen molar-refractivity contribution in [2.24, 2.45) is 0 Å². The molecule has 2 heterocycles. The van der Waals surface area contributed by atoms with Gasteiger partial charge in [0.2, 0.25) is 0 Å². The highest BCUT2D eigenvalue weighted by molar-refractivity contribution is 7.09. The molecule has 3 rings (SSSR count). The SMILES string of the molecule is Cc1csc(CN(C)c2cnn(-c3ccc(Cl)cc3Cl)c(=O)c2Cl)n1. The summed E-state index contributed by atoms with van der Waals surface area (Å²) in [4.78, 5) is 18.9. The van der Waals surface area contributed by atoms with Crippen LogP contribution in [-0.4, -0.2) is 21.8 Å². The smallest absolute Gasteiger partial charge is 0.292 e. The van der Waals surface area contributed by atoms with Gasteiger partial charge in [0, 0.05) is 23.1 Å². The molecule has 5 nitrogen and oxygen atoms in total. The Bertz CT molecular complexity index is 986. The van der Waals surface area contributed by atoms with Gasteiger partial charge >= 0.3 is 0 Å². The van der Waals surface area contributed by atoms with Crippen molar-refractivity contribution in [1.29, 1.82) is 0 Å². The van der Waals surface area contributed by atoms with E-state index >= 15 is 0 Å². The van der Waals surface area contributed by atoms with Gasteiger partial charge in [0.25, 0.3) is 5.56 Å². The summed E-state index contributed by atoms with van der Waals surface area (Å²) in [5, 5.41) is 7.97. The summed E-state index contributed by atoms with van der Waals surface area (Å²) in [6.07, 6.45) is 1.54. The molecule has 2 aromatic heterocycles. The zero-order valence-electron chi connectivity index (χ0n) is 13.3. The van der Waals surface area contributed by atoms with Crippen molar-refractivity contribution in [3.8, 4) is 5.69 Å². The number of aryl methyl sites for hydroxylation is 1. The van der Waals surface area contributed by atoms with Gasteiger partial charge in [-0.2, -0.15) is 9.78 Å². The maximum Gasteiger partial charge on any atom is 0.292 e. The maximum atomic E-state index is 12.6. The lowest BCUT2D eigenvalue weighted by Crippen LogP contribution is -2.26. The number of hydrogen-bond donors (Lipinski definition) is 0. The number of anilines is 1. The monoisotopic (exact) mass is 414 g/mol. The van der Waals surface area contributed by atoms with Gasteiger partial charge in [-0.05, 0) is 25.1 Å². The average molecular weight is 416 g/mol. The van der Waals surface area contributed by atoms with Crippen molar-refractivity contribution < 1.29 is 0 Å². The summed E-state index contributed by atoms with van der Waals surface area (Å²) in [5.74, 6) is 0. The number of halogens is 3. The molecule has 0 atom stereocenters. The zero-order chi connectivity index (χ0) is 18.1. The van der Waals surface area contributed by atoms with Crippen LogP contribution < -0.4 is 10.5 Å². The molecule has 1 aromatic carbocycles. The molecule has 0 aliphatic heterocycles. The molecular weight excluding hydrogens is 403 g/mol. The van der Waals surface area contributed by atoms with Crippen LogP contribution in [0.1, 0.15) is 10.7 Å². The average Bonchev–Trinajstić information content (AvgIpc) is 2.95. The molecule has 3 aromatic rings. The van der Waals surface area contributed by atoms with E-state index in [0.717, 1.165) is 15.4 Å². The van der Waals surface area contributed by atoms with Crippen LogP contribution in [0, 0.1) is 6.92 Å². The first-order valence-corrected chi connectivity index (χ1v) is 9.23. The van der Waals surface area contributed by atoms with E-state index in [1.807, 2.05) is 24.3 Å². The normalized spacial score (nSPS) is 10.9. The second kappa shape index (κ2) is 7.33. The van der Waals surface area contributed by atoms with Gasteiger partial charge in [0.1, 0.15) is 10.0 Å². The van der Waals surface area contributed by atoms with Crippen molar-refractivity contribution in [3.63, 3.8) is 0 Å². The van der Waals surface area contributed by atoms with Crippen LogP contribution in [0.15, 0.2) is 34.6 Å². The molecule has 0 unspecified atom stereocenters. The highest BCUT2D eigenvalue weighted by atomic mass is 35.5. The number of thiazole rings is 1. The zero-order valence-corrected chi connectivity index (χ0v) is 16.4. The Kier molecular flexibility index (Phi) is 5.34. The molecule has 25 heavy (non-hydrogen) atoms. The number of aromatic nitrogens is 3. The maximum absolute atomic E-state index is 12.6. The van der Waals surface area contributed by atoms with Crippen LogP contribution in [0.4, 0.5) is 5.69 Å². The minimum atomic E-state index is -0.453. The van der Waals surface area contributed by atoms with Crippen LogP contribution in [0.2, 0.25) is 15.1 Å². The standard InChI is InChI=1S/C16H13Cl3N4OS/c1-9-8-25-14(21-9)7-22(2)13-6-20-23(16(24)15(13)19)12-4-3-10(17)5-11(12)18/h3-6,8H,7H2,1-2H3. The minimum Gasteiger partial charge on any atom is -0.365 e. The fraction of sp³-hybridized carbons (Fsp3) is 0.188. The van der Waals surface area contributed by atoms with Crippen molar-refractivity contribution >= 4 is 51.8 Å². The van der Waals surface area contributed by atoms with Crippen LogP contribution in [-0.2, 0) is 6.54 Å². The molecule has 0 saturated heterocycles. The number of hydrogen-bond acceptors (Lipinski definition) is 5. The third kappa shape index (κ3) is 3.82. The number of nitrogens with zero attached hydrogens (tertiary/aromatic N) is 4. The lowest BCUT2D eigenvalue weighted by atomic mass is 10.3. The number of benzene rings is 1. The topological polar surface area (TPSA) is 51.0 Å². The molecule has 0 N–H and O–H groups in total. The van der Waals surface area contributed by atoms with Crippen molar-refractivity contribution in [2.75, 3.05) is 11.9 Å². The molecule has 9 heteroatoms. The van der Waals surface area contributed by atoms with E-state index in [-0.39, 0.29) is 5.02 Å². The van der Waals surface area contributed by atoms with Crippen LogP contribution in [0.25, 0.3) is 5.69 Å². The predicted octanol–water partition coefficient (Wildman–Crippen LogP) is 4.59. The highest BCUT2D eigenvalue weighted by Gasteiger charge is 2.16. The summed E-state index contributed by atoms with van der Waals surface area (Å²) < 4.78 is 1.16. The lowest BCUT2D eigenvalue weighted by molar-refractivity contribution is 0.794. The van der Waals surface area contributed by atoms with Gasteiger partial charge in [-0.3, -0.25) is 4.79 Å². The van der Waals surface area contributed by atoms with Gasteiger partial charge in [-0.15, -0.1) is 11.3 Å². The summed E-state index contributed by atoms with van der Waals surface area (Å²) >= 11 is 19.9. The van der Waals surface area contributed by atoms with Crippen LogP contribution in [0.3, 0.4) is 0 Å². The molecule has 0 fully saturated rings. The van der Waals surface area contributed by atoms with Crippen molar-refractivity contribution in [1.82, 2.24) is 14.8 Å². The van der Waals surface area contributed by atoms with Crippen LogP contribution >= 0.6 is 46.1 Å². The van der Waals surface area contributed by atoms with E-state index in [1.165, 1.54) is 6.20 Å². The molecule has 0 radical (unpaired) electrons. The summed E-state index contributed by atoms with van der Waals surface area (Å²) in [5.41, 5.74) is 1.46. The van der Waals surface area contributed by atoms with Gasteiger partial charge in [0.15, 0.2) is 0 Å². The Labute approximate surface area is 163 Å². The largest absolute Gasteiger partial charge is 0.365 e. The van der Waals surface area contributed by atoms with E-state index < -0.39 is 5.56 Å². The lowest BCUT2D eigenvalue weighted by Gasteiger charge is -2.19. The number of rotatable bonds is 4. The molecule has 0 aliphatic rings. The van der Waals surface area contributed by atoms with Crippen LogP contribution in [0.5, 0.6) is 0 Å². The van der Waals surface area contributed by atoms with E-state index in [9.17, 15) is 4.79 Å². The Balaban J connectivity index is 1.96. The second-order valence-electron chi connectivity index (χ2n) is 5.40. The Morgan fingerprint density at radius 2 is 2.04 bits per heavy atom. The fourth-order valence-electron chi connectivity index (χ4n) is 2.28. The van der Waals surface area contributed by atoms with Crippen molar-refractivity contribution in [2.45, 2.75) is 13.5 Å². The molecule has 130 valence electrons. The molecule has 0 aliphatic carbocycles. The molecule has 0 spiro atoms. The second-order valence-corrected chi connectivity index (χ2v) is 7.56. The molecule has 0 bridgehead atoms. The first kappa shape index (κ1) is 18.2. The van der Waals surface area contributed by atoms with E-state index in [2.05, 4.69) is 10.1 Å². The van der Waals surface area contributed by atoms with Gasteiger partial charge in [0.05, 0.1) is 29.1 Å². The fourth-order valence-corrected chi connectivity index (χ4v) is 3.86. The molecule has 0 saturated carbocycles. The Morgan fingerprint density at radius 3 is 2.68 bits per heavy atom. The van der Waals surface area contributed by atoms with E-state index in [0.29, 0.717) is 28.0 Å². The Hall–Kier alpha value is -1.60. The third-order valence-corrected chi connectivity index (χ3v) is 5.33. The van der Waals surface area contributed by atoms with E-state index in [4.69, 9.17) is 34.8 Å². The first-order chi connectivity index (χ1) is 11.9. The van der Waals surface area contributed by atoms with Crippen molar-refractivity contribution in [3.05, 3.63) is 65.9 Å². The molecule has 0 amide bonds. The van der Waals surface area contributed by atoms with Gasteiger partial charge < -0.3 is 4.90 Å². The predicted molar refractivity (Wildman–Crippen MR) is 104 cm³/mol. The summed E-state index contributed by atoms with van der Waals surface area (Å²) in [7, 11) is 1.83. The quantitative estimate of drug-likeness (QED) is 0.625. The highest BCUT2D eigenvalue weighted by Crippen LogP contribution is 2.26. The first-order valence-electron chi connectivity index (χ1n) is 7.22. The summed E-state index contributed by atoms with van der Waals surface area (Å²) in [6.45, 7) is 2.47.